The number of carbonyl (C=O) groups excluding carboxylic acids is 1. The molecule has 0 unspecified atom stereocenters. The van der Waals surface area contributed by atoms with Crippen LogP contribution >= 0.6 is 0 Å². The van der Waals surface area contributed by atoms with Crippen molar-refractivity contribution in [3.63, 3.8) is 0 Å². The van der Waals surface area contributed by atoms with Crippen LogP contribution in [0.1, 0.15) is 27.7 Å². The van der Waals surface area contributed by atoms with Crippen molar-refractivity contribution in [3.05, 3.63) is 11.8 Å². The van der Waals surface area contributed by atoms with E-state index in [2.05, 4.69) is 4.74 Å². The third-order valence-electron chi connectivity index (χ3n) is 2.16. The molecule has 15 heavy (non-hydrogen) atoms. The second-order valence-corrected chi connectivity index (χ2v) is 4.36. The minimum absolute atomic E-state index is 0.0133. The lowest BCUT2D eigenvalue weighted by Crippen LogP contribution is -2.48. The van der Waals surface area contributed by atoms with Crippen LogP contribution in [0.5, 0.6) is 0 Å². The van der Waals surface area contributed by atoms with E-state index >= 15 is 0 Å². The van der Waals surface area contributed by atoms with Crippen LogP contribution in [0.2, 0.25) is 0 Å². The van der Waals surface area contributed by atoms with Gasteiger partial charge in [-0.2, -0.15) is 0 Å². The van der Waals surface area contributed by atoms with Gasteiger partial charge >= 0.3 is 6.16 Å². The Morgan fingerprint density at radius 3 is 2.33 bits per heavy atom. The molecule has 0 saturated carbocycles. The van der Waals surface area contributed by atoms with Crippen LogP contribution in [0.15, 0.2) is 11.8 Å². The topological polar surface area (TPSA) is 72.8 Å². The molecule has 0 aromatic carbocycles. The molecule has 0 saturated heterocycles. The van der Waals surface area contributed by atoms with Crippen LogP contribution in [0.4, 0.5) is 4.79 Å². The Hall–Kier alpha value is -1.36. The SMILES string of the molecule is CC1(C)OC(C)(C)C(OC(=O)O)=CC1=O. The van der Waals surface area contributed by atoms with Crippen molar-refractivity contribution in [1.82, 2.24) is 0 Å². The standard InChI is InChI=1S/C10H14O5/c1-9(2)6(11)5-7(14-8(12)13)10(3,4)15-9/h5H,1-4H3,(H,12,13). The maximum absolute atomic E-state index is 11.5. The Balaban J connectivity index is 3.06. The van der Waals surface area contributed by atoms with E-state index in [4.69, 9.17) is 9.84 Å². The largest absolute Gasteiger partial charge is 0.511 e. The van der Waals surface area contributed by atoms with Crippen LogP contribution in [-0.4, -0.2) is 28.2 Å². The molecule has 0 aromatic rings. The number of ketones is 1. The lowest BCUT2D eigenvalue weighted by molar-refractivity contribution is -0.160. The summed E-state index contributed by atoms with van der Waals surface area (Å²) in [5.41, 5.74) is -1.87. The van der Waals surface area contributed by atoms with Crippen LogP contribution in [0, 0.1) is 0 Å². The molecular weight excluding hydrogens is 200 g/mol. The molecule has 0 spiro atoms. The minimum Gasteiger partial charge on any atom is -0.449 e. The summed E-state index contributed by atoms with van der Waals surface area (Å²) in [6.07, 6.45) is -0.275. The molecule has 1 aliphatic rings. The van der Waals surface area contributed by atoms with Gasteiger partial charge in [-0.15, -0.1) is 0 Å². The zero-order valence-corrected chi connectivity index (χ0v) is 9.16. The van der Waals surface area contributed by atoms with Crippen molar-refractivity contribution < 1.29 is 24.2 Å². The van der Waals surface area contributed by atoms with Crippen molar-refractivity contribution in [2.45, 2.75) is 38.9 Å². The molecule has 1 aliphatic heterocycles. The maximum Gasteiger partial charge on any atom is 0.511 e. The van der Waals surface area contributed by atoms with E-state index in [0.717, 1.165) is 0 Å². The number of ether oxygens (including phenoxy) is 2. The van der Waals surface area contributed by atoms with Gasteiger partial charge in [-0.3, -0.25) is 4.79 Å². The molecule has 0 amide bonds. The fourth-order valence-corrected chi connectivity index (χ4v) is 1.45. The molecule has 1 rings (SSSR count). The highest BCUT2D eigenvalue weighted by molar-refractivity contribution is 5.98. The number of carboxylic acid groups (broad SMARTS) is 1. The summed E-state index contributed by atoms with van der Waals surface area (Å²) in [6.45, 7) is 6.56. The number of hydrogen-bond acceptors (Lipinski definition) is 4. The van der Waals surface area contributed by atoms with Gasteiger partial charge in [0.15, 0.2) is 5.78 Å². The molecule has 0 aromatic heterocycles. The molecule has 1 heterocycles. The average molecular weight is 214 g/mol. The lowest BCUT2D eigenvalue weighted by Gasteiger charge is -2.38. The smallest absolute Gasteiger partial charge is 0.449 e. The van der Waals surface area contributed by atoms with E-state index < -0.39 is 17.4 Å². The fourth-order valence-electron chi connectivity index (χ4n) is 1.45. The predicted octanol–water partition coefficient (Wildman–Crippen LogP) is 1.72. The quantitative estimate of drug-likeness (QED) is 0.673. The Bertz CT molecular complexity index is 338. The second-order valence-electron chi connectivity index (χ2n) is 4.36. The normalized spacial score (nSPS) is 23.2. The summed E-state index contributed by atoms with van der Waals surface area (Å²) in [6, 6.07) is 0. The molecule has 0 radical (unpaired) electrons. The highest BCUT2D eigenvalue weighted by Gasteiger charge is 2.43. The van der Waals surface area contributed by atoms with Gasteiger partial charge in [-0.25, -0.2) is 4.79 Å². The highest BCUT2D eigenvalue weighted by atomic mass is 16.7. The molecular formula is C10H14O5. The average Bonchev–Trinajstić information content (AvgIpc) is 1.97. The zero-order chi connectivity index (χ0) is 11.9. The van der Waals surface area contributed by atoms with Crippen molar-refractivity contribution in [2.75, 3.05) is 0 Å². The van der Waals surface area contributed by atoms with E-state index in [1.165, 1.54) is 6.08 Å². The molecule has 0 bridgehead atoms. The van der Waals surface area contributed by atoms with Crippen molar-refractivity contribution in [3.8, 4) is 0 Å². The third-order valence-corrected chi connectivity index (χ3v) is 2.16. The maximum atomic E-state index is 11.5. The first-order valence-electron chi connectivity index (χ1n) is 4.53. The van der Waals surface area contributed by atoms with E-state index in [1.807, 2.05) is 0 Å². The fraction of sp³-hybridized carbons (Fsp3) is 0.600. The monoisotopic (exact) mass is 214 g/mol. The molecule has 0 fully saturated rings. The minimum atomic E-state index is -1.45. The van der Waals surface area contributed by atoms with Gasteiger partial charge < -0.3 is 14.6 Å². The number of carbonyl (C=O) groups is 2. The van der Waals surface area contributed by atoms with Crippen LogP contribution in [-0.2, 0) is 14.3 Å². The first-order valence-corrected chi connectivity index (χ1v) is 4.53. The summed E-state index contributed by atoms with van der Waals surface area (Å²) in [5.74, 6) is -0.294. The van der Waals surface area contributed by atoms with Gasteiger partial charge in [0.05, 0.1) is 0 Å². The Morgan fingerprint density at radius 2 is 1.87 bits per heavy atom. The lowest BCUT2D eigenvalue weighted by atomic mass is 9.93. The van der Waals surface area contributed by atoms with Gasteiger partial charge in [0.2, 0.25) is 0 Å². The van der Waals surface area contributed by atoms with Gasteiger partial charge in [0.25, 0.3) is 0 Å². The summed E-state index contributed by atoms with van der Waals surface area (Å²) < 4.78 is 9.98. The summed E-state index contributed by atoms with van der Waals surface area (Å²) in [4.78, 5) is 21.9. The van der Waals surface area contributed by atoms with Gasteiger partial charge in [0, 0.05) is 6.08 Å². The van der Waals surface area contributed by atoms with Crippen molar-refractivity contribution in [1.29, 1.82) is 0 Å². The zero-order valence-electron chi connectivity index (χ0n) is 9.16. The van der Waals surface area contributed by atoms with E-state index in [-0.39, 0.29) is 11.5 Å². The van der Waals surface area contributed by atoms with Gasteiger partial charge in [-0.05, 0) is 27.7 Å². The van der Waals surface area contributed by atoms with Crippen LogP contribution < -0.4 is 0 Å². The number of hydrogen-bond donors (Lipinski definition) is 1. The molecule has 0 aliphatic carbocycles. The summed E-state index contributed by atoms with van der Waals surface area (Å²) in [5, 5.41) is 8.48. The third kappa shape index (κ3) is 2.36. The predicted molar refractivity (Wildman–Crippen MR) is 51.4 cm³/mol. The molecule has 5 heteroatoms. The van der Waals surface area contributed by atoms with Crippen molar-refractivity contribution in [2.24, 2.45) is 0 Å². The Kier molecular flexibility index (Phi) is 2.61. The van der Waals surface area contributed by atoms with Crippen molar-refractivity contribution >= 4 is 11.9 Å². The molecule has 0 atom stereocenters. The summed E-state index contributed by atoms with van der Waals surface area (Å²) >= 11 is 0. The summed E-state index contributed by atoms with van der Waals surface area (Å²) in [7, 11) is 0. The van der Waals surface area contributed by atoms with Gasteiger partial charge in [0.1, 0.15) is 17.0 Å². The van der Waals surface area contributed by atoms with E-state index in [1.54, 1.807) is 27.7 Å². The second kappa shape index (κ2) is 3.34. The van der Waals surface area contributed by atoms with E-state index in [9.17, 15) is 9.59 Å². The molecule has 5 nitrogen and oxygen atoms in total. The highest BCUT2D eigenvalue weighted by Crippen LogP contribution is 2.33. The molecule has 84 valence electrons. The van der Waals surface area contributed by atoms with Crippen LogP contribution in [0.3, 0.4) is 0 Å². The van der Waals surface area contributed by atoms with E-state index in [0.29, 0.717) is 0 Å². The molecule has 1 N–H and O–H groups in total. The first kappa shape index (κ1) is 11.7. The van der Waals surface area contributed by atoms with Gasteiger partial charge in [-0.1, -0.05) is 0 Å². The Labute approximate surface area is 87.7 Å². The number of rotatable bonds is 1. The Morgan fingerprint density at radius 1 is 1.33 bits per heavy atom. The van der Waals surface area contributed by atoms with Crippen LogP contribution in [0.25, 0.3) is 0 Å². The first-order chi connectivity index (χ1) is 6.65.